The summed E-state index contributed by atoms with van der Waals surface area (Å²) in [4.78, 5) is 18.7. The third-order valence-electron chi connectivity index (χ3n) is 6.10. The van der Waals surface area contributed by atoms with Crippen molar-refractivity contribution >= 4 is 22.9 Å². The number of thiophene rings is 1. The maximum atomic E-state index is 13.0. The highest BCUT2D eigenvalue weighted by Gasteiger charge is 2.32. The topological polar surface area (TPSA) is 53.7 Å². The summed E-state index contributed by atoms with van der Waals surface area (Å²) in [6.45, 7) is 3.31. The van der Waals surface area contributed by atoms with E-state index in [1.54, 1.807) is 11.3 Å². The Morgan fingerprint density at radius 1 is 1.07 bits per heavy atom. The number of carbonyl (C=O) groups is 1. The average molecular weight is 396 g/mol. The van der Waals surface area contributed by atoms with Crippen molar-refractivity contribution in [2.75, 3.05) is 26.2 Å². The fourth-order valence-corrected chi connectivity index (χ4v) is 5.49. The molecule has 0 bridgehead atoms. The van der Waals surface area contributed by atoms with Crippen LogP contribution in [0.25, 0.3) is 5.65 Å². The second kappa shape index (κ2) is 7.64. The van der Waals surface area contributed by atoms with E-state index >= 15 is 0 Å². The lowest BCUT2D eigenvalue weighted by Gasteiger charge is -2.33. The van der Waals surface area contributed by atoms with Gasteiger partial charge in [-0.3, -0.25) is 14.1 Å². The molecule has 1 atom stereocenters. The van der Waals surface area contributed by atoms with E-state index in [9.17, 15) is 4.79 Å². The van der Waals surface area contributed by atoms with Crippen molar-refractivity contribution in [1.29, 1.82) is 0 Å². The van der Waals surface area contributed by atoms with Gasteiger partial charge in [-0.25, -0.2) is 0 Å². The lowest BCUT2D eigenvalue weighted by Crippen LogP contribution is -2.43. The van der Waals surface area contributed by atoms with Crippen molar-refractivity contribution in [2.24, 2.45) is 0 Å². The third kappa shape index (κ3) is 3.33. The molecule has 2 aliphatic rings. The minimum Gasteiger partial charge on any atom is -0.334 e. The molecule has 2 saturated heterocycles. The van der Waals surface area contributed by atoms with Crippen LogP contribution in [0, 0.1) is 0 Å². The molecule has 1 unspecified atom stereocenters. The van der Waals surface area contributed by atoms with E-state index in [1.165, 1.54) is 4.88 Å². The first-order chi connectivity index (χ1) is 13.8. The maximum Gasteiger partial charge on any atom is 0.237 e. The first kappa shape index (κ1) is 17.8. The van der Waals surface area contributed by atoms with Crippen molar-refractivity contribution in [3.05, 3.63) is 52.6 Å². The lowest BCUT2D eigenvalue weighted by molar-refractivity contribution is -0.133. The molecule has 2 aliphatic heterocycles. The van der Waals surface area contributed by atoms with Crippen LogP contribution >= 0.6 is 11.3 Å². The quantitative estimate of drug-likeness (QED) is 0.680. The number of piperidine rings is 1. The van der Waals surface area contributed by atoms with Crippen LogP contribution in [-0.4, -0.2) is 56.5 Å². The number of amides is 1. The molecule has 2 fully saturated rings. The number of nitrogens with zero attached hydrogens (tertiary/aromatic N) is 5. The number of hydrogen-bond acceptors (Lipinski definition) is 5. The molecule has 0 spiro atoms. The van der Waals surface area contributed by atoms with Gasteiger partial charge in [0.05, 0.1) is 12.6 Å². The zero-order valence-electron chi connectivity index (χ0n) is 15.9. The molecule has 28 heavy (non-hydrogen) atoms. The Morgan fingerprint density at radius 3 is 2.79 bits per heavy atom. The Labute approximate surface area is 168 Å². The number of pyridine rings is 1. The van der Waals surface area contributed by atoms with Crippen molar-refractivity contribution in [3.63, 3.8) is 0 Å². The molecule has 3 aromatic heterocycles. The van der Waals surface area contributed by atoms with Gasteiger partial charge in [-0.2, -0.15) is 0 Å². The highest BCUT2D eigenvalue weighted by atomic mass is 32.1. The number of rotatable bonds is 4. The van der Waals surface area contributed by atoms with Crippen LogP contribution in [-0.2, 0) is 4.79 Å². The monoisotopic (exact) mass is 395 g/mol. The van der Waals surface area contributed by atoms with Crippen LogP contribution in [0.4, 0.5) is 0 Å². The van der Waals surface area contributed by atoms with Gasteiger partial charge >= 0.3 is 0 Å². The summed E-state index contributed by atoms with van der Waals surface area (Å²) in [6.07, 6.45) is 6.29. The summed E-state index contributed by atoms with van der Waals surface area (Å²) in [5.74, 6) is 1.75. The van der Waals surface area contributed by atoms with E-state index in [1.807, 2.05) is 24.4 Å². The van der Waals surface area contributed by atoms with E-state index in [-0.39, 0.29) is 11.9 Å². The Bertz CT molecular complexity index is 945. The summed E-state index contributed by atoms with van der Waals surface area (Å²) in [5, 5.41) is 10.8. The van der Waals surface area contributed by atoms with Crippen LogP contribution < -0.4 is 0 Å². The van der Waals surface area contributed by atoms with Gasteiger partial charge in [0.15, 0.2) is 5.65 Å². The first-order valence-electron chi connectivity index (χ1n) is 10.1. The Kier molecular flexibility index (Phi) is 4.86. The van der Waals surface area contributed by atoms with Crippen molar-refractivity contribution < 1.29 is 4.79 Å². The molecular weight excluding hydrogens is 370 g/mol. The fraction of sp³-hybridized carbons (Fsp3) is 0.476. The van der Waals surface area contributed by atoms with Gasteiger partial charge in [-0.05, 0) is 62.4 Å². The second-order valence-electron chi connectivity index (χ2n) is 7.80. The van der Waals surface area contributed by atoms with Gasteiger partial charge in [-0.15, -0.1) is 21.5 Å². The van der Waals surface area contributed by atoms with Gasteiger partial charge in [-0.1, -0.05) is 12.1 Å². The highest BCUT2D eigenvalue weighted by molar-refractivity contribution is 7.10. The molecule has 1 amide bonds. The Hall–Kier alpha value is -2.25. The predicted octanol–water partition coefficient (Wildman–Crippen LogP) is 3.33. The van der Waals surface area contributed by atoms with Crippen molar-refractivity contribution in [3.8, 4) is 0 Å². The summed E-state index contributed by atoms with van der Waals surface area (Å²) in [5.41, 5.74) is 0.906. The average Bonchev–Trinajstić information content (AvgIpc) is 3.47. The minimum absolute atomic E-state index is 0.280. The number of carbonyl (C=O) groups excluding carboxylic acids is 1. The zero-order chi connectivity index (χ0) is 18.9. The molecule has 0 aromatic carbocycles. The summed E-state index contributed by atoms with van der Waals surface area (Å²) >= 11 is 1.76. The van der Waals surface area contributed by atoms with Crippen LogP contribution in [0.5, 0.6) is 0 Å². The molecule has 0 radical (unpaired) electrons. The molecule has 6 nitrogen and oxygen atoms in total. The number of fused-ring (bicyclic) bond motifs is 1. The summed E-state index contributed by atoms with van der Waals surface area (Å²) < 4.78 is 2.10. The second-order valence-corrected chi connectivity index (χ2v) is 8.78. The van der Waals surface area contributed by atoms with E-state index in [0.29, 0.717) is 12.5 Å². The molecule has 5 rings (SSSR count). The molecule has 0 saturated carbocycles. The minimum atomic E-state index is 0.280. The van der Waals surface area contributed by atoms with E-state index in [0.717, 1.165) is 56.8 Å². The largest absolute Gasteiger partial charge is 0.334 e. The Morgan fingerprint density at radius 2 is 1.96 bits per heavy atom. The van der Waals surface area contributed by atoms with Gasteiger partial charge < -0.3 is 4.90 Å². The molecule has 0 aliphatic carbocycles. The van der Waals surface area contributed by atoms with Crippen molar-refractivity contribution in [2.45, 2.75) is 37.6 Å². The van der Waals surface area contributed by atoms with Gasteiger partial charge in [0.25, 0.3) is 0 Å². The highest BCUT2D eigenvalue weighted by Crippen LogP contribution is 2.35. The summed E-state index contributed by atoms with van der Waals surface area (Å²) in [7, 11) is 0. The van der Waals surface area contributed by atoms with Crippen LogP contribution in [0.3, 0.4) is 0 Å². The molecule has 7 heteroatoms. The maximum absolute atomic E-state index is 13.0. The van der Waals surface area contributed by atoms with Gasteiger partial charge in [0, 0.05) is 23.5 Å². The van der Waals surface area contributed by atoms with Crippen LogP contribution in [0.2, 0.25) is 0 Å². The zero-order valence-corrected chi connectivity index (χ0v) is 16.7. The first-order valence-corrected chi connectivity index (χ1v) is 11.0. The molecule has 146 valence electrons. The van der Waals surface area contributed by atoms with Gasteiger partial charge in [0.2, 0.25) is 5.91 Å². The lowest BCUT2D eigenvalue weighted by atomic mass is 9.96. The molecule has 3 aromatic rings. The van der Waals surface area contributed by atoms with Crippen LogP contribution in [0.15, 0.2) is 41.9 Å². The summed E-state index contributed by atoms with van der Waals surface area (Å²) in [6, 6.07) is 10.5. The molecule has 0 N–H and O–H groups in total. The van der Waals surface area contributed by atoms with Crippen LogP contribution in [0.1, 0.15) is 48.3 Å². The van der Waals surface area contributed by atoms with E-state index in [2.05, 4.69) is 41.9 Å². The number of hydrogen-bond donors (Lipinski definition) is 0. The standard InChI is InChI=1S/C21H25N5OS/c27-20(25-11-3-5-17(25)18-6-4-14-28-18)15-24-12-8-16(9-13-24)21-23-22-19-7-1-2-10-26(19)21/h1-2,4,6-7,10,14,16-17H,3,5,8-9,11-13,15H2. The molecule has 5 heterocycles. The predicted molar refractivity (Wildman–Crippen MR) is 109 cm³/mol. The van der Waals surface area contributed by atoms with Gasteiger partial charge in [0.1, 0.15) is 5.82 Å². The normalized spacial score (nSPS) is 21.6. The van der Waals surface area contributed by atoms with Crippen molar-refractivity contribution in [1.82, 2.24) is 24.4 Å². The number of aromatic nitrogens is 3. The fourth-order valence-electron chi connectivity index (χ4n) is 4.61. The number of likely N-dealkylation sites (tertiary alicyclic amines) is 2. The third-order valence-corrected chi connectivity index (χ3v) is 7.07. The SMILES string of the molecule is O=C(CN1CCC(c2nnc3ccccn23)CC1)N1CCCC1c1cccs1. The van der Waals surface area contributed by atoms with E-state index in [4.69, 9.17) is 0 Å². The Balaban J connectivity index is 1.20. The van der Waals surface area contributed by atoms with E-state index < -0.39 is 0 Å². The smallest absolute Gasteiger partial charge is 0.237 e. The molecular formula is C21H25N5OS.